The second kappa shape index (κ2) is 7.10. The Morgan fingerprint density at radius 3 is 2.87 bits per heavy atom. The van der Waals surface area contributed by atoms with Gasteiger partial charge in [-0.1, -0.05) is 12.1 Å². The molecule has 1 unspecified atom stereocenters. The van der Waals surface area contributed by atoms with Crippen molar-refractivity contribution < 1.29 is 14.2 Å². The molecule has 1 aromatic heterocycles. The van der Waals surface area contributed by atoms with Crippen LogP contribution >= 0.6 is 0 Å². The molecule has 2 aromatic rings. The summed E-state index contributed by atoms with van der Waals surface area (Å²) in [4.78, 5) is 9.30. The minimum atomic E-state index is -0.555. The number of halogens is 1. The standard InChI is InChI=1S/C17H22FN3O2/c1-23-14-4-2-3-13(15(14)18)11-21-9-5-12(6-10-21)16(22)17-19-7-8-20-17/h2-4,7-8,12,16,22H,5-6,9-11H2,1H3,(H,19,20). The summed E-state index contributed by atoms with van der Waals surface area (Å²) in [5, 5.41) is 10.3. The van der Waals surface area contributed by atoms with Gasteiger partial charge in [-0.3, -0.25) is 4.90 Å². The molecule has 3 rings (SSSR count). The fourth-order valence-electron chi connectivity index (χ4n) is 3.17. The van der Waals surface area contributed by atoms with E-state index >= 15 is 0 Å². The third kappa shape index (κ3) is 3.54. The third-order valence-corrected chi connectivity index (χ3v) is 4.54. The zero-order valence-corrected chi connectivity index (χ0v) is 13.2. The maximum Gasteiger partial charge on any atom is 0.169 e. The van der Waals surface area contributed by atoms with E-state index in [4.69, 9.17) is 4.74 Å². The van der Waals surface area contributed by atoms with Crippen LogP contribution in [0.15, 0.2) is 30.6 Å². The Morgan fingerprint density at radius 1 is 1.43 bits per heavy atom. The highest BCUT2D eigenvalue weighted by Gasteiger charge is 2.28. The highest BCUT2D eigenvalue weighted by Crippen LogP contribution is 2.30. The molecule has 1 atom stereocenters. The summed E-state index contributed by atoms with van der Waals surface area (Å²) in [6.07, 6.45) is 4.56. The number of nitrogens with one attached hydrogen (secondary N) is 1. The van der Waals surface area contributed by atoms with E-state index in [-0.39, 0.29) is 17.5 Å². The molecule has 6 heteroatoms. The molecule has 124 valence electrons. The van der Waals surface area contributed by atoms with Gasteiger partial charge in [0, 0.05) is 24.5 Å². The minimum Gasteiger partial charge on any atom is -0.494 e. The van der Waals surface area contributed by atoms with Crippen molar-refractivity contribution in [2.24, 2.45) is 5.92 Å². The molecule has 0 radical (unpaired) electrons. The lowest BCUT2D eigenvalue weighted by molar-refractivity contribution is 0.0512. The summed E-state index contributed by atoms with van der Waals surface area (Å²) < 4.78 is 19.2. The van der Waals surface area contributed by atoms with Crippen LogP contribution in [0.2, 0.25) is 0 Å². The Balaban J connectivity index is 1.57. The van der Waals surface area contributed by atoms with Crippen molar-refractivity contribution in [2.75, 3.05) is 20.2 Å². The van der Waals surface area contributed by atoms with Crippen LogP contribution in [0.3, 0.4) is 0 Å². The van der Waals surface area contributed by atoms with Gasteiger partial charge >= 0.3 is 0 Å². The molecule has 0 aliphatic carbocycles. The van der Waals surface area contributed by atoms with E-state index in [0.29, 0.717) is 17.9 Å². The fourth-order valence-corrected chi connectivity index (χ4v) is 3.17. The Hall–Kier alpha value is -1.92. The van der Waals surface area contributed by atoms with Crippen LogP contribution in [0.25, 0.3) is 0 Å². The van der Waals surface area contributed by atoms with E-state index in [1.165, 1.54) is 7.11 Å². The first-order chi connectivity index (χ1) is 11.2. The van der Waals surface area contributed by atoms with Crippen LogP contribution in [0.1, 0.15) is 30.3 Å². The van der Waals surface area contributed by atoms with Crippen LogP contribution in [0, 0.1) is 11.7 Å². The molecule has 1 aliphatic heterocycles. The lowest BCUT2D eigenvalue weighted by Crippen LogP contribution is -2.35. The van der Waals surface area contributed by atoms with Crippen molar-refractivity contribution in [3.05, 3.63) is 47.8 Å². The molecule has 23 heavy (non-hydrogen) atoms. The first-order valence-corrected chi connectivity index (χ1v) is 7.90. The van der Waals surface area contributed by atoms with Gasteiger partial charge in [0.15, 0.2) is 11.6 Å². The number of hydrogen-bond donors (Lipinski definition) is 2. The molecule has 0 bridgehead atoms. The monoisotopic (exact) mass is 319 g/mol. The maximum absolute atomic E-state index is 14.2. The lowest BCUT2D eigenvalue weighted by atomic mass is 9.90. The zero-order chi connectivity index (χ0) is 16.2. The van der Waals surface area contributed by atoms with Crippen LogP contribution in [-0.2, 0) is 6.54 Å². The van der Waals surface area contributed by atoms with E-state index in [0.717, 1.165) is 25.9 Å². The van der Waals surface area contributed by atoms with Gasteiger partial charge in [0.1, 0.15) is 11.9 Å². The Kier molecular flexibility index (Phi) is 4.93. The molecule has 1 fully saturated rings. The Labute approximate surface area is 135 Å². The van der Waals surface area contributed by atoms with Crippen molar-refractivity contribution in [1.82, 2.24) is 14.9 Å². The van der Waals surface area contributed by atoms with E-state index in [2.05, 4.69) is 14.9 Å². The number of methoxy groups -OCH3 is 1. The molecule has 2 heterocycles. The molecule has 0 spiro atoms. The van der Waals surface area contributed by atoms with Crippen LogP contribution in [-0.4, -0.2) is 40.2 Å². The molecule has 1 saturated heterocycles. The summed E-state index contributed by atoms with van der Waals surface area (Å²) in [6, 6.07) is 5.23. The van der Waals surface area contributed by atoms with Crippen molar-refractivity contribution in [3.8, 4) is 5.75 Å². The molecule has 0 saturated carbocycles. The van der Waals surface area contributed by atoms with Crippen LogP contribution < -0.4 is 4.74 Å². The van der Waals surface area contributed by atoms with E-state index in [1.54, 1.807) is 24.5 Å². The number of benzene rings is 1. The second-order valence-electron chi connectivity index (χ2n) is 5.97. The van der Waals surface area contributed by atoms with E-state index < -0.39 is 6.10 Å². The quantitative estimate of drug-likeness (QED) is 0.889. The summed E-state index contributed by atoms with van der Waals surface area (Å²) >= 11 is 0. The van der Waals surface area contributed by atoms with Crippen molar-refractivity contribution in [2.45, 2.75) is 25.5 Å². The van der Waals surface area contributed by atoms with Gasteiger partial charge in [-0.05, 0) is 37.9 Å². The van der Waals surface area contributed by atoms with Gasteiger partial charge in [0.05, 0.1) is 7.11 Å². The van der Waals surface area contributed by atoms with Crippen molar-refractivity contribution in [1.29, 1.82) is 0 Å². The largest absolute Gasteiger partial charge is 0.494 e. The lowest BCUT2D eigenvalue weighted by Gasteiger charge is -2.33. The normalized spacial score (nSPS) is 18.0. The van der Waals surface area contributed by atoms with Crippen LogP contribution in [0.4, 0.5) is 4.39 Å². The third-order valence-electron chi connectivity index (χ3n) is 4.54. The molecule has 1 aliphatic rings. The smallest absolute Gasteiger partial charge is 0.169 e. The number of piperidine rings is 1. The van der Waals surface area contributed by atoms with Gasteiger partial charge in [-0.15, -0.1) is 0 Å². The summed E-state index contributed by atoms with van der Waals surface area (Å²) in [6.45, 7) is 2.23. The predicted molar refractivity (Wildman–Crippen MR) is 84.5 cm³/mol. The SMILES string of the molecule is COc1cccc(CN2CCC(C(O)c3ncc[nH]3)CC2)c1F. The molecular weight excluding hydrogens is 297 g/mol. The Bertz CT molecular complexity index is 625. The summed E-state index contributed by atoms with van der Waals surface area (Å²) in [7, 11) is 1.48. The predicted octanol–water partition coefficient (Wildman–Crippen LogP) is 2.50. The number of aliphatic hydroxyl groups excluding tert-OH is 1. The van der Waals surface area contributed by atoms with Gasteiger partial charge < -0.3 is 14.8 Å². The number of aromatic amines is 1. The Morgan fingerprint density at radius 2 is 2.22 bits per heavy atom. The molecule has 0 amide bonds. The number of aliphatic hydroxyl groups is 1. The first kappa shape index (κ1) is 16.0. The highest BCUT2D eigenvalue weighted by atomic mass is 19.1. The average molecular weight is 319 g/mol. The number of nitrogens with zero attached hydrogens (tertiary/aromatic N) is 2. The fraction of sp³-hybridized carbons (Fsp3) is 0.471. The van der Waals surface area contributed by atoms with Crippen molar-refractivity contribution in [3.63, 3.8) is 0 Å². The van der Waals surface area contributed by atoms with E-state index in [9.17, 15) is 9.50 Å². The van der Waals surface area contributed by atoms with Crippen molar-refractivity contribution >= 4 is 0 Å². The number of ether oxygens (including phenoxy) is 1. The zero-order valence-electron chi connectivity index (χ0n) is 13.2. The molecular formula is C17H22FN3O2. The number of likely N-dealkylation sites (tertiary alicyclic amines) is 1. The van der Waals surface area contributed by atoms with E-state index in [1.807, 2.05) is 6.07 Å². The number of hydrogen-bond acceptors (Lipinski definition) is 4. The van der Waals surface area contributed by atoms with Crippen LogP contribution in [0.5, 0.6) is 5.75 Å². The molecule has 5 nitrogen and oxygen atoms in total. The minimum absolute atomic E-state index is 0.188. The number of rotatable bonds is 5. The number of imidazole rings is 1. The number of H-pyrrole nitrogens is 1. The van der Waals surface area contributed by atoms with Gasteiger partial charge in [-0.2, -0.15) is 0 Å². The summed E-state index contributed by atoms with van der Waals surface area (Å²) in [5.41, 5.74) is 0.648. The first-order valence-electron chi connectivity index (χ1n) is 7.90. The van der Waals surface area contributed by atoms with Gasteiger partial charge in [-0.25, -0.2) is 9.37 Å². The molecule has 2 N–H and O–H groups in total. The second-order valence-corrected chi connectivity index (χ2v) is 5.97. The maximum atomic E-state index is 14.2. The molecule has 1 aromatic carbocycles. The van der Waals surface area contributed by atoms with Gasteiger partial charge in [0.2, 0.25) is 0 Å². The average Bonchev–Trinajstić information content (AvgIpc) is 3.11. The summed E-state index contributed by atoms with van der Waals surface area (Å²) in [5.74, 6) is 0.813. The van der Waals surface area contributed by atoms with Gasteiger partial charge in [0.25, 0.3) is 0 Å². The highest BCUT2D eigenvalue weighted by molar-refractivity contribution is 5.31. The number of aromatic nitrogens is 2. The topological polar surface area (TPSA) is 61.4 Å².